The number of unbranched alkanes of at least 4 members (excludes halogenated alkanes) is 6. The van der Waals surface area contributed by atoms with Crippen molar-refractivity contribution in [1.82, 2.24) is 0 Å². The lowest BCUT2D eigenvalue weighted by Gasteiger charge is -2.17. The van der Waals surface area contributed by atoms with E-state index in [-0.39, 0.29) is 12.2 Å². The number of allylic oxidation sites excluding steroid dienone is 1. The van der Waals surface area contributed by atoms with Crippen LogP contribution in [0.25, 0.3) is 11.1 Å². The molecule has 0 aliphatic carbocycles. The van der Waals surface area contributed by atoms with Crippen LogP contribution in [0.2, 0.25) is 0 Å². The first-order valence-corrected chi connectivity index (χ1v) is 16.3. The van der Waals surface area contributed by atoms with Crippen LogP contribution in [0.1, 0.15) is 94.7 Å². The van der Waals surface area contributed by atoms with Gasteiger partial charge in [-0.15, -0.1) is 0 Å². The van der Waals surface area contributed by atoms with E-state index in [2.05, 4.69) is 55.5 Å². The average Bonchev–Trinajstić information content (AvgIpc) is 2.97. The van der Waals surface area contributed by atoms with E-state index in [9.17, 15) is 13.9 Å². The number of hydrogen-bond donors (Lipinski definition) is 1. The molecule has 0 spiro atoms. The molecule has 0 radical (unpaired) electrons. The van der Waals surface area contributed by atoms with Crippen LogP contribution in [-0.4, -0.2) is 29.1 Å². The highest BCUT2D eigenvalue weighted by Gasteiger charge is 2.19. The van der Waals surface area contributed by atoms with Gasteiger partial charge in [0.1, 0.15) is 11.5 Å². The molecule has 222 valence electrons. The minimum Gasteiger partial charge on any atom is -0.508 e. The predicted molar refractivity (Wildman–Crippen MR) is 172 cm³/mol. The first-order valence-electron chi connectivity index (χ1n) is 15.1. The van der Waals surface area contributed by atoms with Crippen molar-refractivity contribution in [3.63, 3.8) is 0 Å². The third-order valence-corrected chi connectivity index (χ3v) is 8.34. The molecule has 0 atom stereocenters. The Labute approximate surface area is 250 Å². The Morgan fingerprint density at radius 2 is 1.27 bits per heavy atom. The summed E-state index contributed by atoms with van der Waals surface area (Å²) in [7, 11) is 0. The van der Waals surface area contributed by atoms with E-state index in [0.29, 0.717) is 6.42 Å². The molecule has 5 heteroatoms. The third-order valence-electron chi connectivity index (χ3n) is 7.18. The minimum atomic E-state index is -2.52. The van der Waals surface area contributed by atoms with Crippen molar-refractivity contribution in [2.24, 2.45) is 0 Å². The summed E-state index contributed by atoms with van der Waals surface area (Å²) in [5.41, 5.74) is 5.85. The molecular weight excluding hydrogens is 534 g/mol. The van der Waals surface area contributed by atoms with Gasteiger partial charge in [-0.1, -0.05) is 93.6 Å². The molecule has 0 saturated heterocycles. The van der Waals surface area contributed by atoms with Crippen molar-refractivity contribution in [1.29, 1.82) is 0 Å². The predicted octanol–water partition coefficient (Wildman–Crippen LogP) is 11.0. The minimum absolute atomic E-state index is 0.00285. The number of rotatable bonds is 19. The normalized spacial score (nSPS) is 12.3. The average molecular weight is 581 g/mol. The first kappa shape index (κ1) is 32.7. The smallest absolute Gasteiger partial charge is 0.245 e. The van der Waals surface area contributed by atoms with Gasteiger partial charge < -0.3 is 9.84 Å². The second-order valence-electron chi connectivity index (χ2n) is 10.8. The number of halogens is 2. The molecule has 0 heterocycles. The van der Waals surface area contributed by atoms with Gasteiger partial charge in [-0.2, -0.15) is 11.8 Å². The number of hydrogen-bond acceptors (Lipinski definition) is 3. The van der Waals surface area contributed by atoms with Crippen LogP contribution in [0.3, 0.4) is 0 Å². The second-order valence-corrected chi connectivity index (χ2v) is 12.0. The maximum absolute atomic E-state index is 12.8. The summed E-state index contributed by atoms with van der Waals surface area (Å²) in [6, 6.07) is 26.3. The van der Waals surface area contributed by atoms with Gasteiger partial charge >= 0.3 is 0 Å². The summed E-state index contributed by atoms with van der Waals surface area (Å²) in [5.74, 6) is 0.558. The largest absolute Gasteiger partial charge is 0.508 e. The van der Waals surface area contributed by atoms with Gasteiger partial charge in [0.15, 0.2) is 0 Å². The summed E-state index contributed by atoms with van der Waals surface area (Å²) in [4.78, 5) is 0. The highest BCUT2D eigenvalue weighted by Crippen LogP contribution is 2.35. The highest BCUT2D eigenvalue weighted by molar-refractivity contribution is 7.99. The topological polar surface area (TPSA) is 29.5 Å². The monoisotopic (exact) mass is 580 g/mol. The van der Waals surface area contributed by atoms with E-state index >= 15 is 0 Å². The standard InChI is InChI=1S/C36H46F2O2S/c1-3-34(29-15-10-9-11-16-29)35(30-17-21-32(39)22-18-30)31-19-23-33(24-20-31)40-26-12-7-5-4-6-8-13-27-41-28-14-25-36(2,37)38/h9-11,15-24,39H,3-8,12-14,25-28H2,1-2H3/b35-34+. The van der Waals surface area contributed by atoms with E-state index in [1.54, 1.807) is 12.1 Å². The van der Waals surface area contributed by atoms with Crippen molar-refractivity contribution in [3.8, 4) is 11.5 Å². The molecular formula is C36H46F2O2S. The summed E-state index contributed by atoms with van der Waals surface area (Å²) in [6.45, 7) is 3.91. The zero-order valence-electron chi connectivity index (χ0n) is 24.7. The van der Waals surface area contributed by atoms with E-state index < -0.39 is 5.92 Å². The molecule has 0 aliphatic rings. The van der Waals surface area contributed by atoms with Crippen LogP contribution in [0.5, 0.6) is 11.5 Å². The summed E-state index contributed by atoms with van der Waals surface area (Å²) in [6.07, 6.45) is 9.83. The van der Waals surface area contributed by atoms with Gasteiger partial charge in [0.2, 0.25) is 5.92 Å². The Morgan fingerprint density at radius 1 is 0.707 bits per heavy atom. The van der Waals surface area contributed by atoms with Crippen LogP contribution < -0.4 is 4.74 Å². The fourth-order valence-electron chi connectivity index (χ4n) is 4.99. The van der Waals surface area contributed by atoms with Crippen molar-refractivity contribution in [2.45, 2.75) is 84.0 Å². The molecule has 0 amide bonds. The molecule has 1 N–H and O–H groups in total. The lowest BCUT2D eigenvalue weighted by Crippen LogP contribution is -2.09. The fraction of sp³-hybridized carbons (Fsp3) is 0.444. The summed E-state index contributed by atoms with van der Waals surface area (Å²) >= 11 is 1.81. The summed E-state index contributed by atoms with van der Waals surface area (Å²) < 4.78 is 31.6. The van der Waals surface area contributed by atoms with Gasteiger partial charge in [-0.25, -0.2) is 8.78 Å². The lowest BCUT2D eigenvalue weighted by molar-refractivity contribution is 0.0126. The van der Waals surface area contributed by atoms with Crippen LogP contribution in [0.4, 0.5) is 8.78 Å². The zero-order chi connectivity index (χ0) is 29.3. The molecule has 0 aliphatic heterocycles. The number of benzene rings is 3. The van der Waals surface area contributed by atoms with Crippen molar-refractivity contribution in [3.05, 3.63) is 95.6 Å². The molecule has 3 aromatic carbocycles. The van der Waals surface area contributed by atoms with E-state index in [0.717, 1.165) is 54.8 Å². The van der Waals surface area contributed by atoms with Crippen LogP contribution in [0.15, 0.2) is 78.9 Å². The lowest BCUT2D eigenvalue weighted by atomic mass is 9.88. The number of thioether (sulfide) groups is 1. The molecule has 0 saturated carbocycles. The first-order chi connectivity index (χ1) is 19.9. The fourth-order valence-corrected chi connectivity index (χ4v) is 5.95. The molecule has 3 rings (SSSR count). The van der Waals surface area contributed by atoms with Gasteiger partial charge in [-0.3, -0.25) is 0 Å². The Bertz CT molecular complexity index is 1150. The quantitative estimate of drug-likeness (QED) is 0.113. The number of alkyl halides is 2. The van der Waals surface area contributed by atoms with Gasteiger partial charge in [0.25, 0.3) is 0 Å². The number of ether oxygens (including phenoxy) is 1. The van der Waals surface area contributed by atoms with Crippen molar-refractivity contribution < 1.29 is 18.6 Å². The number of aromatic hydroxyl groups is 1. The van der Waals surface area contributed by atoms with Gasteiger partial charge in [0, 0.05) is 6.42 Å². The van der Waals surface area contributed by atoms with Crippen LogP contribution >= 0.6 is 11.8 Å². The SMILES string of the molecule is CC/C(=C(/c1ccc(O)cc1)c1ccc(OCCCCCCCCCSCCCC(C)(F)F)cc1)c1ccccc1. The maximum Gasteiger partial charge on any atom is 0.245 e. The molecule has 0 unspecified atom stereocenters. The van der Waals surface area contributed by atoms with Crippen molar-refractivity contribution in [2.75, 3.05) is 18.1 Å². The molecule has 0 fully saturated rings. The Morgan fingerprint density at radius 3 is 1.88 bits per heavy atom. The zero-order valence-corrected chi connectivity index (χ0v) is 25.5. The van der Waals surface area contributed by atoms with Crippen LogP contribution in [0, 0.1) is 0 Å². The van der Waals surface area contributed by atoms with Gasteiger partial charge in [-0.05, 0) is 96.2 Å². The van der Waals surface area contributed by atoms with E-state index in [1.165, 1.54) is 55.2 Å². The van der Waals surface area contributed by atoms with Crippen molar-refractivity contribution >= 4 is 22.9 Å². The third kappa shape index (κ3) is 12.3. The Balaban J connectivity index is 1.40. The van der Waals surface area contributed by atoms with Gasteiger partial charge in [0.05, 0.1) is 6.61 Å². The molecule has 3 aromatic rings. The van der Waals surface area contributed by atoms with Crippen LogP contribution in [-0.2, 0) is 0 Å². The Hall–Kier alpha value is -2.79. The number of phenolic OH excluding ortho intramolecular Hbond substituents is 1. The maximum atomic E-state index is 12.8. The molecule has 41 heavy (non-hydrogen) atoms. The summed E-state index contributed by atoms with van der Waals surface area (Å²) in [5, 5.41) is 9.84. The molecule has 0 aromatic heterocycles. The molecule has 0 bridgehead atoms. The van der Waals surface area contributed by atoms with E-state index in [1.807, 2.05) is 30.0 Å². The highest BCUT2D eigenvalue weighted by atomic mass is 32.2. The Kier molecular flexibility index (Phi) is 14.3. The molecule has 2 nitrogen and oxygen atoms in total. The number of phenols is 1. The second kappa shape index (κ2) is 17.9. The van der Waals surface area contributed by atoms with E-state index in [4.69, 9.17) is 4.74 Å².